The van der Waals surface area contributed by atoms with Crippen molar-refractivity contribution < 1.29 is 23.9 Å². The molecule has 0 aliphatic carbocycles. The van der Waals surface area contributed by atoms with Crippen molar-refractivity contribution in [3.8, 4) is 11.5 Å². The summed E-state index contributed by atoms with van der Waals surface area (Å²) in [6, 6.07) is 14.6. The second-order valence-corrected chi connectivity index (χ2v) is 9.24. The van der Waals surface area contributed by atoms with Crippen LogP contribution in [0.2, 0.25) is 0 Å². The fraction of sp³-hybridized carbons (Fsp3) is 0.185. The highest BCUT2D eigenvalue weighted by Crippen LogP contribution is 2.34. The van der Waals surface area contributed by atoms with E-state index >= 15 is 0 Å². The van der Waals surface area contributed by atoms with Crippen molar-refractivity contribution in [2.75, 3.05) is 19.0 Å². The molecule has 0 bridgehead atoms. The van der Waals surface area contributed by atoms with E-state index in [1.54, 1.807) is 36.7 Å². The summed E-state index contributed by atoms with van der Waals surface area (Å²) in [5.41, 5.74) is 4.25. The summed E-state index contributed by atoms with van der Waals surface area (Å²) in [5, 5.41) is 2.26. The van der Waals surface area contributed by atoms with Crippen LogP contribution in [0.4, 0.5) is 10.5 Å². The van der Waals surface area contributed by atoms with Crippen molar-refractivity contribution in [1.82, 2.24) is 9.88 Å². The average molecular weight is 504 g/mol. The van der Waals surface area contributed by atoms with Gasteiger partial charge in [-0.1, -0.05) is 12.1 Å². The van der Waals surface area contributed by atoms with Crippen molar-refractivity contribution in [2.45, 2.75) is 20.5 Å². The molecule has 184 valence electrons. The number of nitrogens with zero attached hydrogens (tertiary/aromatic N) is 2. The quantitative estimate of drug-likeness (QED) is 0.434. The fourth-order valence-corrected chi connectivity index (χ4v) is 4.55. The smallest absolute Gasteiger partial charge is 0.294 e. The molecule has 1 aliphatic heterocycles. The van der Waals surface area contributed by atoms with E-state index < -0.39 is 17.1 Å². The largest absolute Gasteiger partial charge is 0.493 e. The van der Waals surface area contributed by atoms with E-state index in [0.717, 1.165) is 33.4 Å². The topological polar surface area (TPSA) is 97.8 Å². The molecule has 1 fully saturated rings. The fourth-order valence-electron chi connectivity index (χ4n) is 3.71. The zero-order valence-corrected chi connectivity index (χ0v) is 20.9. The minimum atomic E-state index is -0.516. The Labute approximate surface area is 213 Å². The monoisotopic (exact) mass is 503 g/mol. The maximum Gasteiger partial charge on any atom is 0.294 e. The van der Waals surface area contributed by atoms with Crippen LogP contribution in [0, 0.1) is 13.8 Å². The van der Waals surface area contributed by atoms with Gasteiger partial charge in [0.2, 0.25) is 5.91 Å². The molecule has 0 unspecified atom stereocenters. The van der Waals surface area contributed by atoms with Crippen molar-refractivity contribution in [3.05, 3.63) is 88.1 Å². The first-order chi connectivity index (χ1) is 17.3. The molecule has 1 aliphatic rings. The molecule has 3 amide bonds. The molecule has 8 nitrogen and oxygen atoms in total. The molecule has 1 saturated heterocycles. The second kappa shape index (κ2) is 11.1. The number of hydrogen-bond acceptors (Lipinski definition) is 7. The van der Waals surface area contributed by atoms with Crippen LogP contribution >= 0.6 is 11.8 Å². The van der Waals surface area contributed by atoms with E-state index in [1.807, 2.05) is 44.2 Å². The second-order valence-electron chi connectivity index (χ2n) is 8.25. The molecule has 9 heteroatoms. The number of methoxy groups -OCH3 is 1. The van der Waals surface area contributed by atoms with Gasteiger partial charge in [-0.15, -0.1) is 0 Å². The summed E-state index contributed by atoms with van der Waals surface area (Å²) in [6.07, 6.45) is 4.99. The zero-order chi connectivity index (χ0) is 25.7. The molecule has 1 aromatic heterocycles. The van der Waals surface area contributed by atoms with E-state index in [4.69, 9.17) is 9.47 Å². The lowest BCUT2D eigenvalue weighted by molar-refractivity contribution is -0.127. The van der Waals surface area contributed by atoms with Gasteiger partial charge in [-0.3, -0.25) is 24.3 Å². The summed E-state index contributed by atoms with van der Waals surface area (Å²) >= 11 is 0.796. The molecule has 0 spiro atoms. The number of pyridine rings is 1. The Morgan fingerprint density at radius 1 is 1.03 bits per heavy atom. The van der Waals surface area contributed by atoms with E-state index in [1.165, 1.54) is 7.11 Å². The molecular formula is C27H25N3O5S. The summed E-state index contributed by atoms with van der Waals surface area (Å²) in [6.45, 7) is 3.85. The first kappa shape index (κ1) is 25.0. The number of thioether (sulfide) groups is 1. The molecule has 2 heterocycles. The Morgan fingerprint density at radius 3 is 2.44 bits per heavy atom. The molecule has 0 saturated carbocycles. The van der Waals surface area contributed by atoms with Gasteiger partial charge in [-0.2, -0.15) is 0 Å². The minimum absolute atomic E-state index is 0.228. The normalized spacial score (nSPS) is 14.3. The standard InChI is InChI=1S/C27H25N3O5S/c1-17-10-18(2)12-21(11-17)29-25(31)15-30-26(32)24(36-27(30)33)14-20-4-5-22(23(13-20)34-3)35-16-19-6-8-28-9-7-19/h4-14H,15-16H2,1-3H3,(H,29,31)/b24-14+. The number of rotatable bonds is 8. The molecule has 0 radical (unpaired) electrons. The third-order valence-electron chi connectivity index (χ3n) is 5.31. The highest BCUT2D eigenvalue weighted by atomic mass is 32.2. The Morgan fingerprint density at radius 2 is 1.75 bits per heavy atom. The lowest BCUT2D eigenvalue weighted by Gasteiger charge is -2.13. The third-order valence-corrected chi connectivity index (χ3v) is 6.22. The van der Waals surface area contributed by atoms with E-state index in [9.17, 15) is 14.4 Å². The van der Waals surface area contributed by atoms with E-state index in [0.29, 0.717) is 29.4 Å². The highest BCUT2D eigenvalue weighted by Gasteiger charge is 2.36. The van der Waals surface area contributed by atoms with Crippen LogP contribution in [0.25, 0.3) is 6.08 Å². The van der Waals surface area contributed by atoms with Crippen LogP contribution in [-0.2, 0) is 16.2 Å². The number of imide groups is 1. The maximum absolute atomic E-state index is 12.9. The predicted molar refractivity (Wildman–Crippen MR) is 139 cm³/mol. The minimum Gasteiger partial charge on any atom is -0.493 e. The Kier molecular flexibility index (Phi) is 7.70. The van der Waals surface area contributed by atoms with Gasteiger partial charge in [0.25, 0.3) is 11.1 Å². The molecule has 1 N–H and O–H groups in total. The van der Waals surface area contributed by atoms with Crippen molar-refractivity contribution in [3.63, 3.8) is 0 Å². The van der Waals surface area contributed by atoms with Crippen LogP contribution in [0.1, 0.15) is 22.3 Å². The van der Waals surface area contributed by atoms with Crippen LogP contribution in [0.5, 0.6) is 11.5 Å². The number of aromatic nitrogens is 1. The summed E-state index contributed by atoms with van der Waals surface area (Å²) in [5.74, 6) is 0.0750. The lowest BCUT2D eigenvalue weighted by atomic mass is 10.1. The summed E-state index contributed by atoms with van der Waals surface area (Å²) < 4.78 is 11.3. The predicted octanol–water partition coefficient (Wildman–Crippen LogP) is 4.96. The van der Waals surface area contributed by atoms with Crippen molar-refractivity contribution in [2.24, 2.45) is 0 Å². The molecule has 3 aromatic rings. The number of aryl methyl sites for hydroxylation is 2. The number of carbonyl (C=O) groups is 3. The number of amides is 3. The van der Waals surface area contributed by atoms with Gasteiger partial charge < -0.3 is 14.8 Å². The van der Waals surface area contributed by atoms with Gasteiger partial charge in [0.1, 0.15) is 13.2 Å². The third kappa shape index (κ3) is 6.11. The van der Waals surface area contributed by atoms with Gasteiger partial charge in [0, 0.05) is 18.1 Å². The van der Waals surface area contributed by atoms with Crippen LogP contribution in [0.3, 0.4) is 0 Å². The van der Waals surface area contributed by atoms with E-state index in [-0.39, 0.29) is 11.4 Å². The highest BCUT2D eigenvalue weighted by molar-refractivity contribution is 8.18. The first-order valence-electron chi connectivity index (χ1n) is 11.2. The van der Waals surface area contributed by atoms with Gasteiger partial charge in [0.05, 0.1) is 12.0 Å². The molecule has 0 atom stereocenters. The van der Waals surface area contributed by atoms with Crippen LogP contribution in [-0.4, -0.2) is 40.6 Å². The van der Waals surface area contributed by atoms with Gasteiger partial charge in [-0.25, -0.2) is 0 Å². The number of carbonyl (C=O) groups excluding carboxylic acids is 3. The van der Waals surface area contributed by atoms with E-state index in [2.05, 4.69) is 10.3 Å². The number of ether oxygens (including phenoxy) is 2. The molecule has 36 heavy (non-hydrogen) atoms. The van der Waals surface area contributed by atoms with Crippen LogP contribution in [0.15, 0.2) is 65.8 Å². The Bertz CT molecular complexity index is 1320. The Hall–Kier alpha value is -4.11. The number of benzene rings is 2. The number of anilines is 1. The lowest BCUT2D eigenvalue weighted by Crippen LogP contribution is -2.36. The molecule has 2 aromatic carbocycles. The van der Waals surface area contributed by atoms with Crippen molar-refractivity contribution in [1.29, 1.82) is 0 Å². The first-order valence-corrected chi connectivity index (χ1v) is 12.0. The SMILES string of the molecule is COc1cc(/C=C2/SC(=O)N(CC(=O)Nc3cc(C)cc(C)c3)C2=O)ccc1OCc1ccncc1. The number of nitrogens with one attached hydrogen (secondary N) is 1. The number of hydrogen-bond donors (Lipinski definition) is 1. The zero-order valence-electron chi connectivity index (χ0n) is 20.1. The van der Waals surface area contributed by atoms with Gasteiger partial charge in [0.15, 0.2) is 11.5 Å². The van der Waals surface area contributed by atoms with Crippen molar-refractivity contribution >= 4 is 40.6 Å². The Balaban J connectivity index is 1.43. The summed E-state index contributed by atoms with van der Waals surface area (Å²) in [7, 11) is 1.53. The molecular weight excluding hydrogens is 478 g/mol. The molecule has 4 rings (SSSR count). The van der Waals surface area contributed by atoms with Gasteiger partial charge >= 0.3 is 0 Å². The van der Waals surface area contributed by atoms with Gasteiger partial charge in [-0.05, 0) is 90.3 Å². The van der Waals surface area contributed by atoms with Crippen LogP contribution < -0.4 is 14.8 Å². The average Bonchev–Trinajstić information content (AvgIpc) is 3.10. The summed E-state index contributed by atoms with van der Waals surface area (Å²) in [4.78, 5) is 43.0. The maximum atomic E-state index is 12.9.